The normalized spacial score (nSPS) is 14.4. The van der Waals surface area contributed by atoms with E-state index in [1.54, 1.807) is 13.8 Å². The summed E-state index contributed by atoms with van der Waals surface area (Å²) in [6, 6.07) is 14.4. The number of hydrogen-bond acceptors (Lipinski definition) is 3. The summed E-state index contributed by atoms with van der Waals surface area (Å²) in [4.78, 5) is 11.6. The van der Waals surface area contributed by atoms with Gasteiger partial charge in [0.15, 0.2) is 0 Å². The van der Waals surface area contributed by atoms with E-state index in [-0.39, 0.29) is 0 Å². The van der Waals surface area contributed by atoms with Crippen molar-refractivity contribution >= 4 is 16.7 Å². The van der Waals surface area contributed by atoms with Crippen molar-refractivity contribution in [3.05, 3.63) is 54.4 Å². The minimum atomic E-state index is -0.840. The Kier molecular flexibility index (Phi) is 6.57. The molecule has 2 rings (SSSR count). The van der Waals surface area contributed by atoms with Crippen LogP contribution in [0.25, 0.3) is 10.8 Å². The van der Waals surface area contributed by atoms with Crippen molar-refractivity contribution in [1.82, 2.24) is 0 Å². The predicted molar refractivity (Wildman–Crippen MR) is 101 cm³/mol. The smallest absolute Gasteiger partial charge is 0.220 e. The van der Waals surface area contributed by atoms with E-state index in [9.17, 15) is 15.0 Å². The van der Waals surface area contributed by atoms with Crippen molar-refractivity contribution in [2.24, 2.45) is 11.7 Å². The number of carbonyl (C=O) groups is 1. The Morgan fingerprint density at radius 2 is 1.88 bits per heavy atom. The molecule has 0 heterocycles. The number of primary amides is 1. The molecule has 2 atom stereocenters. The molecular formula is C21H28NO3. The summed E-state index contributed by atoms with van der Waals surface area (Å²) < 4.78 is 0. The van der Waals surface area contributed by atoms with E-state index in [0.29, 0.717) is 25.7 Å². The third kappa shape index (κ3) is 6.48. The number of aliphatic hydroxyl groups excluding tert-OH is 1. The molecule has 4 nitrogen and oxygen atoms in total. The highest BCUT2D eigenvalue weighted by molar-refractivity contribution is 5.83. The van der Waals surface area contributed by atoms with Crippen molar-refractivity contribution < 1.29 is 15.0 Å². The van der Waals surface area contributed by atoms with Gasteiger partial charge in [0.25, 0.3) is 0 Å². The first-order chi connectivity index (χ1) is 11.7. The lowest BCUT2D eigenvalue weighted by Gasteiger charge is -2.22. The average molecular weight is 342 g/mol. The van der Waals surface area contributed by atoms with Crippen LogP contribution in [0.15, 0.2) is 42.5 Å². The molecule has 2 aromatic rings. The van der Waals surface area contributed by atoms with Crippen LogP contribution in [0.3, 0.4) is 0 Å². The van der Waals surface area contributed by atoms with Crippen LogP contribution in [0, 0.1) is 12.3 Å². The third-order valence-corrected chi connectivity index (χ3v) is 4.47. The minimum Gasteiger partial charge on any atom is -0.393 e. The van der Waals surface area contributed by atoms with Crippen LogP contribution in [-0.4, -0.2) is 27.8 Å². The van der Waals surface area contributed by atoms with Gasteiger partial charge in [-0.25, -0.2) is 0 Å². The van der Waals surface area contributed by atoms with Crippen molar-refractivity contribution in [3.8, 4) is 0 Å². The van der Waals surface area contributed by atoms with E-state index in [4.69, 9.17) is 5.73 Å². The molecule has 1 radical (unpaired) electrons. The third-order valence-electron chi connectivity index (χ3n) is 4.47. The number of nitrogens with two attached hydrogens (primary N) is 1. The molecule has 0 saturated carbocycles. The number of hydrogen-bond donors (Lipinski definition) is 3. The largest absolute Gasteiger partial charge is 0.393 e. The highest BCUT2D eigenvalue weighted by atomic mass is 16.3. The maximum atomic E-state index is 11.6. The van der Waals surface area contributed by atoms with Gasteiger partial charge in [-0.1, -0.05) is 42.5 Å². The lowest BCUT2D eigenvalue weighted by molar-refractivity contribution is -0.123. The van der Waals surface area contributed by atoms with Gasteiger partial charge in [-0.15, -0.1) is 0 Å². The van der Waals surface area contributed by atoms with Crippen molar-refractivity contribution in [2.45, 2.75) is 51.2 Å². The van der Waals surface area contributed by atoms with Gasteiger partial charge in [0.1, 0.15) is 0 Å². The van der Waals surface area contributed by atoms with Crippen molar-refractivity contribution in [3.63, 3.8) is 0 Å². The molecule has 0 saturated heterocycles. The zero-order valence-electron chi connectivity index (χ0n) is 15.0. The zero-order valence-corrected chi connectivity index (χ0v) is 15.0. The van der Waals surface area contributed by atoms with Crippen LogP contribution in [-0.2, 0) is 11.2 Å². The highest BCUT2D eigenvalue weighted by Gasteiger charge is 2.23. The summed E-state index contributed by atoms with van der Waals surface area (Å²) in [6.07, 6.45) is 2.97. The van der Waals surface area contributed by atoms with Gasteiger partial charge >= 0.3 is 0 Å². The molecule has 0 unspecified atom stereocenters. The first-order valence-corrected chi connectivity index (χ1v) is 8.75. The van der Waals surface area contributed by atoms with Gasteiger partial charge in [-0.3, -0.25) is 4.79 Å². The number of rotatable bonds is 9. The summed E-state index contributed by atoms with van der Waals surface area (Å²) in [5.41, 5.74) is 5.71. The van der Waals surface area contributed by atoms with Crippen LogP contribution in [0.5, 0.6) is 0 Å². The van der Waals surface area contributed by atoms with Gasteiger partial charge < -0.3 is 15.9 Å². The average Bonchev–Trinajstić information content (AvgIpc) is 2.55. The Bertz CT molecular complexity index is 706. The standard InChI is InChI=1S/C21H28NO3/c1-21(2,25)12-11-18(20(22)24)14-19(23)10-8-15-7-9-16-5-3-4-6-17(16)13-15/h3-7,9-10,13,18-19,23,25H,8,11-12,14H2,1-2H3,(H2,22,24)/t18-,19+/m1/s1. The molecule has 4 heteroatoms. The molecule has 0 aliphatic carbocycles. The fourth-order valence-electron chi connectivity index (χ4n) is 2.93. The van der Waals surface area contributed by atoms with E-state index < -0.39 is 23.5 Å². The molecule has 0 aliphatic heterocycles. The van der Waals surface area contributed by atoms with E-state index in [1.165, 1.54) is 10.8 Å². The Hall–Kier alpha value is -1.91. The summed E-state index contributed by atoms with van der Waals surface area (Å²) >= 11 is 0. The fraction of sp³-hybridized carbons (Fsp3) is 0.429. The monoisotopic (exact) mass is 342 g/mol. The summed E-state index contributed by atoms with van der Waals surface area (Å²) in [6.45, 7) is 3.40. The van der Waals surface area contributed by atoms with Gasteiger partial charge in [0.05, 0.1) is 11.7 Å². The van der Waals surface area contributed by atoms with Gasteiger partial charge in [0.2, 0.25) is 5.91 Å². The molecule has 25 heavy (non-hydrogen) atoms. The van der Waals surface area contributed by atoms with Crippen molar-refractivity contribution in [1.29, 1.82) is 0 Å². The van der Waals surface area contributed by atoms with Gasteiger partial charge in [-0.05, 0) is 62.3 Å². The summed E-state index contributed by atoms with van der Waals surface area (Å²) in [5.74, 6) is -0.864. The number of fused-ring (bicyclic) bond motifs is 1. The lowest BCUT2D eigenvalue weighted by atomic mass is 9.89. The molecule has 0 bridgehead atoms. The minimum absolute atomic E-state index is 0.291. The highest BCUT2D eigenvalue weighted by Crippen LogP contribution is 2.22. The molecular weight excluding hydrogens is 314 g/mol. The topological polar surface area (TPSA) is 83.6 Å². The second-order valence-electron chi connectivity index (χ2n) is 7.37. The van der Waals surface area contributed by atoms with Crippen LogP contribution >= 0.6 is 0 Å². The SMILES string of the molecule is CC(C)(O)CC[C@H](C[C@@H](O)[CH]Cc1ccc2ccccc2c1)C(N)=O. The first kappa shape index (κ1) is 19.4. The number of carbonyl (C=O) groups excluding carboxylic acids is 1. The number of benzene rings is 2. The molecule has 2 aromatic carbocycles. The molecule has 135 valence electrons. The Morgan fingerprint density at radius 3 is 2.52 bits per heavy atom. The summed E-state index contributed by atoms with van der Waals surface area (Å²) in [7, 11) is 0. The van der Waals surface area contributed by atoms with E-state index in [1.807, 2.05) is 24.6 Å². The Balaban J connectivity index is 1.88. The molecule has 0 spiro atoms. The number of aliphatic hydroxyl groups is 2. The molecule has 0 aromatic heterocycles. The predicted octanol–water partition coefficient (Wildman–Crippen LogP) is 2.99. The maximum Gasteiger partial charge on any atom is 0.220 e. The molecule has 1 amide bonds. The van der Waals surface area contributed by atoms with Crippen LogP contribution < -0.4 is 5.73 Å². The first-order valence-electron chi connectivity index (χ1n) is 8.75. The van der Waals surface area contributed by atoms with E-state index in [0.717, 1.165) is 5.56 Å². The van der Waals surface area contributed by atoms with Gasteiger partial charge in [-0.2, -0.15) is 0 Å². The fourth-order valence-corrected chi connectivity index (χ4v) is 2.93. The van der Waals surface area contributed by atoms with E-state index in [2.05, 4.69) is 24.3 Å². The van der Waals surface area contributed by atoms with Gasteiger partial charge in [0, 0.05) is 5.92 Å². The Morgan fingerprint density at radius 1 is 1.20 bits per heavy atom. The molecule has 0 fully saturated rings. The lowest BCUT2D eigenvalue weighted by Crippen LogP contribution is -2.30. The molecule has 4 N–H and O–H groups in total. The zero-order chi connectivity index (χ0) is 18.4. The second kappa shape index (κ2) is 8.45. The summed E-state index contributed by atoms with van der Waals surface area (Å²) in [5, 5.41) is 22.4. The quantitative estimate of drug-likeness (QED) is 0.655. The number of amides is 1. The second-order valence-corrected chi connectivity index (χ2v) is 7.37. The van der Waals surface area contributed by atoms with Crippen LogP contribution in [0.1, 0.15) is 38.7 Å². The van der Waals surface area contributed by atoms with Crippen molar-refractivity contribution in [2.75, 3.05) is 0 Å². The molecule has 0 aliphatic rings. The maximum absolute atomic E-state index is 11.6. The van der Waals surface area contributed by atoms with Crippen LogP contribution in [0.4, 0.5) is 0 Å². The van der Waals surface area contributed by atoms with Crippen LogP contribution in [0.2, 0.25) is 0 Å². The Labute approximate surface area is 149 Å². The van der Waals surface area contributed by atoms with E-state index >= 15 is 0 Å².